The van der Waals surface area contributed by atoms with Crippen LogP contribution in [0, 0.1) is 0 Å². The molecule has 2 aromatic carbocycles. The van der Waals surface area contributed by atoms with E-state index < -0.39 is 0 Å². The zero-order valence-electron chi connectivity index (χ0n) is 27.8. The number of nitrogens with zero attached hydrogens (tertiary/aromatic N) is 2. The van der Waals surface area contributed by atoms with Gasteiger partial charge in [-0.25, -0.2) is 9.78 Å². The number of carbonyl (C=O) groups is 1. The lowest BCUT2D eigenvalue weighted by Gasteiger charge is -2.21. The molecule has 0 spiro atoms. The predicted octanol–water partition coefficient (Wildman–Crippen LogP) is 4.48. The molecule has 2 amide bonds. The number of hydrogen-bond acceptors (Lipinski definition) is 7. The molecule has 0 radical (unpaired) electrons. The molecule has 10 N–H and O–H groups in total. The van der Waals surface area contributed by atoms with Gasteiger partial charge in [0, 0.05) is 35.3 Å². The third-order valence-electron chi connectivity index (χ3n) is 6.23. The quantitative estimate of drug-likeness (QED) is 0.0841. The molecule has 0 saturated carbocycles. The van der Waals surface area contributed by atoms with Gasteiger partial charge in [-0.3, -0.25) is 9.79 Å². The van der Waals surface area contributed by atoms with Gasteiger partial charge in [-0.2, -0.15) is 0 Å². The number of nitrogens with one attached hydrogen (secondary N) is 4. The lowest BCUT2D eigenvalue weighted by Crippen LogP contribution is -2.43. The number of guanidine groups is 1. The Kier molecular flexibility index (Phi) is 15.0. The van der Waals surface area contributed by atoms with E-state index in [-0.39, 0.29) is 28.5 Å². The SMILES string of the molecule is CC(C)(C)NC(=O)Nc1ccccc1OCCCN.CC(C)(C)c1ncc(-c2ccc(CNCCCN=C(N)N)c(Cl)c2)c(=O)[nH]1. The predicted molar refractivity (Wildman–Crippen MR) is 189 cm³/mol. The topological polar surface area (TPSA) is 199 Å². The molecule has 1 heterocycles. The van der Waals surface area contributed by atoms with Crippen molar-refractivity contribution in [2.24, 2.45) is 22.2 Å². The highest BCUT2D eigenvalue weighted by molar-refractivity contribution is 6.31. The first kappa shape index (κ1) is 38.1. The van der Waals surface area contributed by atoms with Gasteiger partial charge in [0.05, 0.1) is 17.9 Å². The lowest BCUT2D eigenvalue weighted by molar-refractivity contribution is 0.243. The number of amides is 2. The first-order chi connectivity index (χ1) is 21.6. The molecule has 12 nitrogen and oxygen atoms in total. The molecule has 0 aliphatic rings. The van der Waals surface area contributed by atoms with Gasteiger partial charge in [-0.15, -0.1) is 0 Å². The van der Waals surface area contributed by atoms with Gasteiger partial charge in [0.15, 0.2) is 5.96 Å². The summed E-state index contributed by atoms with van der Waals surface area (Å²) in [4.78, 5) is 35.4. The van der Waals surface area contributed by atoms with Crippen molar-refractivity contribution in [3.05, 3.63) is 75.4 Å². The normalized spacial score (nSPS) is 11.2. The van der Waals surface area contributed by atoms with E-state index in [1.54, 1.807) is 18.3 Å². The summed E-state index contributed by atoms with van der Waals surface area (Å²) >= 11 is 6.39. The van der Waals surface area contributed by atoms with Crippen LogP contribution in [0.15, 0.2) is 58.4 Å². The van der Waals surface area contributed by atoms with Crippen LogP contribution in [0.4, 0.5) is 10.5 Å². The number of carbonyl (C=O) groups excluding carboxylic acids is 1. The molecule has 0 aliphatic carbocycles. The van der Waals surface area contributed by atoms with E-state index in [0.717, 1.165) is 30.5 Å². The zero-order chi connectivity index (χ0) is 34.3. The molecular weight excluding hydrogens is 606 g/mol. The fourth-order valence-corrected chi connectivity index (χ4v) is 4.18. The Morgan fingerprint density at radius 2 is 1.78 bits per heavy atom. The van der Waals surface area contributed by atoms with Gasteiger partial charge >= 0.3 is 6.03 Å². The highest BCUT2D eigenvalue weighted by atomic mass is 35.5. The Bertz CT molecular complexity index is 1490. The van der Waals surface area contributed by atoms with E-state index >= 15 is 0 Å². The van der Waals surface area contributed by atoms with Crippen molar-refractivity contribution in [2.75, 3.05) is 31.6 Å². The second-order valence-electron chi connectivity index (χ2n) is 12.7. The minimum absolute atomic E-state index is 0.105. The van der Waals surface area contributed by atoms with Crippen LogP contribution in [-0.2, 0) is 12.0 Å². The third kappa shape index (κ3) is 13.9. The van der Waals surface area contributed by atoms with Crippen LogP contribution >= 0.6 is 11.6 Å². The van der Waals surface area contributed by atoms with Gasteiger partial charge in [-0.1, -0.05) is 56.6 Å². The first-order valence-corrected chi connectivity index (χ1v) is 15.6. The number of aliphatic imine (C=N–C) groups is 1. The highest BCUT2D eigenvalue weighted by Crippen LogP contribution is 2.25. The molecule has 13 heteroatoms. The number of benzene rings is 2. The number of ether oxygens (including phenoxy) is 1. The Morgan fingerprint density at radius 1 is 1.07 bits per heavy atom. The molecule has 0 bridgehead atoms. The highest BCUT2D eigenvalue weighted by Gasteiger charge is 2.18. The van der Waals surface area contributed by atoms with Crippen molar-refractivity contribution in [3.8, 4) is 16.9 Å². The van der Waals surface area contributed by atoms with E-state index in [4.69, 9.17) is 33.5 Å². The molecule has 0 aliphatic heterocycles. The summed E-state index contributed by atoms with van der Waals surface area (Å²) < 4.78 is 5.59. The second-order valence-corrected chi connectivity index (χ2v) is 13.1. The Labute approximate surface area is 276 Å². The number of aromatic amines is 1. The molecule has 46 heavy (non-hydrogen) atoms. The molecule has 0 fully saturated rings. The summed E-state index contributed by atoms with van der Waals surface area (Å²) in [7, 11) is 0. The molecule has 0 unspecified atom stereocenters. The van der Waals surface area contributed by atoms with Crippen molar-refractivity contribution < 1.29 is 9.53 Å². The van der Waals surface area contributed by atoms with E-state index in [1.807, 2.05) is 71.9 Å². The number of halogens is 1. The van der Waals surface area contributed by atoms with Crippen molar-refractivity contribution >= 4 is 29.3 Å². The third-order valence-corrected chi connectivity index (χ3v) is 6.58. The van der Waals surface area contributed by atoms with E-state index in [9.17, 15) is 9.59 Å². The summed E-state index contributed by atoms with van der Waals surface area (Å²) in [5, 5.41) is 9.52. The van der Waals surface area contributed by atoms with Crippen molar-refractivity contribution in [1.29, 1.82) is 0 Å². The average molecular weight is 656 g/mol. The van der Waals surface area contributed by atoms with Crippen LogP contribution in [0.3, 0.4) is 0 Å². The van der Waals surface area contributed by atoms with Crippen molar-refractivity contribution in [3.63, 3.8) is 0 Å². The number of nitrogens with two attached hydrogens (primary N) is 3. The molecule has 252 valence electrons. The number of para-hydroxylation sites is 2. The molecule has 3 rings (SSSR count). The maximum Gasteiger partial charge on any atom is 0.319 e. The number of urea groups is 1. The fraction of sp³-hybridized carbons (Fsp3) is 0.455. The van der Waals surface area contributed by atoms with Crippen molar-refractivity contribution in [2.45, 2.75) is 71.9 Å². The van der Waals surface area contributed by atoms with Crippen LogP contribution in [0.25, 0.3) is 11.1 Å². The average Bonchev–Trinajstić information content (AvgIpc) is 2.95. The van der Waals surface area contributed by atoms with E-state index in [2.05, 4.69) is 30.9 Å². The summed E-state index contributed by atoms with van der Waals surface area (Å²) in [5.74, 6) is 1.41. The number of aromatic nitrogens is 2. The maximum absolute atomic E-state index is 12.4. The fourth-order valence-electron chi connectivity index (χ4n) is 3.93. The molecular formula is C33H50ClN9O3. The van der Waals surface area contributed by atoms with E-state index in [1.165, 1.54) is 0 Å². The summed E-state index contributed by atoms with van der Waals surface area (Å²) in [6.45, 7) is 14.9. The Morgan fingerprint density at radius 3 is 2.39 bits per heavy atom. The number of H-pyrrole nitrogens is 1. The minimum atomic E-state index is -0.278. The molecule has 3 aromatic rings. The smallest absolute Gasteiger partial charge is 0.319 e. The van der Waals surface area contributed by atoms with Crippen LogP contribution in [0.5, 0.6) is 5.75 Å². The van der Waals surface area contributed by atoms with Gasteiger partial charge in [-0.05, 0) is 76.0 Å². The van der Waals surface area contributed by atoms with E-state index in [0.29, 0.717) is 54.1 Å². The summed E-state index contributed by atoms with van der Waals surface area (Å²) in [6, 6.07) is 12.7. The van der Waals surface area contributed by atoms with Gasteiger partial charge < -0.3 is 42.9 Å². The molecule has 1 aromatic heterocycles. The Hall–Kier alpha value is -4.13. The van der Waals surface area contributed by atoms with Gasteiger partial charge in [0.1, 0.15) is 11.6 Å². The van der Waals surface area contributed by atoms with Crippen LogP contribution in [-0.4, -0.2) is 53.7 Å². The largest absolute Gasteiger partial charge is 0.491 e. The number of anilines is 1. The molecule has 0 saturated heterocycles. The maximum atomic E-state index is 12.4. The molecule has 0 atom stereocenters. The lowest BCUT2D eigenvalue weighted by atomic mass is 9.95. The summed E-state index contributed by atoms with van der Waals surface area (Å²) in [5.41, 5.74) is 18.2. The first-order valence-electron chi connectivity index (χ1n) is 15.3. The van der Waals surface area contributed by atoms with Crippen LogP contribution in [0.1, 0.15) is 65.8 Å². The van der Waals surface area contributed by atoms with Crippen LogP contribution < -0.4 is 43.4 Å². The number of hydrogen-bond donors (Lipinski definition) is 7. The van der Waals surface area contributed by atoms with Gasteiger partial charge in [0.25, 0.3) is 5.56 Å². The van der Waals surface area contributed by atoms with Gasteiger partial charge in [0.2, 0.25) is 0 Å². The zero-order valence-corrected chi connectivity index (χ0v) is 28.6. The standard InChI is InChI=1S/C19H27ClN6O.C14H23N3O2/c1-19(2,3)17-25-11-14(16(27)26-17)12-5-6-13(15(20)9-12)10-23-7-4-8-24-18(21)22;1-14(2,3)17-13(18)16-11-7-4-5-8-12(11)19-10-6-9-15/h5-6,9,11,23H,4,7-8,10H2,1-3H3,(H4,21,22,24)(H,25,26,27);4-5,7-8H,6,9-10,15H2,1-3H3,(H2,16,17,18). The Balaban J connectivity index is 0.000000341. The van der Waals surface area contributed by atoms with Crippen molar-refractivity contribution in [1.82, 2.24) is 20.6 Å². The number of rotatable bonds is 12. The minimum Gasteiger partial charge on any atom is -0.491 e. The monoisotopic (exact) mass is 655 g/mol. The van der Waals surface area contributed by atoms with Crippen LogP contribution in [0.2, 0.25) is 5.02 Å². The summed E-state index contributed by atoms with van der Waals surface area (Å²) in [6.07, 6.45) is 3.21. The second kappa shape index (κ2) is 18.1.